The highest BCUT2D eigenvalue weighted by Crippen LogP contribution is 2.21. The molecule has 0 aliphatic carbocycles. The first-order valence-corrected chi connectivity index (χ1v) is 7.87. The first-order chi connectivity index (χ1) is 12.8. The van der Waals surface area contributed by atoms with Gasteiger partial charge in [0.2, 0.25) is 5.82 Å². The van der Waals surface area contributed by atoms with E-state index in [1.165, 1.54) is 6.33 Å². The van der Waals surface area contributed by atoms with Crippen molar-refractivity contribution in [2.75, 3.05) is 7.11 Å². The van der Waals surface area contributed by atoms with E-state index < -0.39 is 0 Å². The lowest BCUT2D eigenvalue weighted by atomic mass is 10.2. The van der Waals surface area contributed by atoms with Gasteiger partial charge in [-0.05, 0) is 36.4 Å². The molecule has 8 heteroatoms. The molecule has 0 spiro atoms. The standard InChI is InChI=1S/C18H15N5O3/c1-24-15-7-5-13(6-8-15)18-21-17(22-26-18)10-25-16-4-2-3-14(9-16)23-12-19-11-20-23/h2-9,11-12H,10H2,1H3. The number of hydrogen-bond acceptors (Lipinski definition) is 7. The number of ether oxygens (including phenoxy) is 2. The Morgan fingerprint density at radius 1 is 1.08 bits per heavy atom. The molecule has 2 aromatic carbocycles. The van der Waals surface area contributed by atoms with Crippen molar-refractivity contribution in [2.24, 2.45) is 0 Å². The monoisotopic (exact) mass is 349 g/mol. The number of nitrogens with zero attached hydrogens (tertiary/aromatic N) is 5. The van der Waals surface area contributed by atoms with Gasteiger partial charge in [0, 0.05) is 11.6 Å². The van der Waals surface area contributed by atoms with Gasteiger partial charge in [-0.3, -0.25) is 0 Å². The van der Waals surface area contributed by atoms with Crippen LogP contribution in [0, 0.1) is 0 Å². The van der Waals surface area contributed by atoms with E-state index >= 15 is 0 Å². The highest BCUT2D eigenvalue weighted by atomic mass is 16.5. The molecule has 0 fully saturated rings. The Bertz CT molecular complexity index is 980. The molecule has 26 heavy (non-hydrogen) atoms. The summed E-state index contributed by atoms with van der Waals surface area (Å²) >= 11 is 0. The molecule has 0 bridgehead atoms. The van der Waals surface area contributed by atoms with Crippen molar-refractivity contribution in [1.82, 2.24) is 24.9 Å². The zero-order chi connectivity index (χ0) is 17.8. The van der Waals surface area contributed by atoms with Crippen LogP contribution in [-0.4, -0.2) is 32.0 Å². The van der Waals surface area contributed by atoms with Crippen LogP contribution in [0.25, 0.3) is 17.1 Å². The maximum atomic E-state index is 5.75. The van der Waals surface area contributed by atoms with E-state index in [9.17, 15) is 0 Å². The minimum absolute atomic E-state index is 0.195. The Kier molecular flexibility index (Phi) is 4.29. The van der Waals surface area contributed by atoms with Gasteiger partial charge in [0.05, 0.1) is 12.8 Å². The third kappa shape index (κ3) is 3.39. The summed E-state index contributed by atoms with van der Waals surface area (Å²) in [5.74, 6) is 2.34. The minimum atomic E-state index is 0.195. The van der Waals surface area contributed by atoms with Crippen molar-refractivity contribution >= 4 is 0 Å². The first-order valence-electron chi connectivity index (χ1n) is 7.87. The molecule has 2 heterocycles. The first kappa shape index (κ1) is 15.8. The molecule has 0 N–H and O–H groups in total. The summed E-state index contributed by atoms with van der Waals surface area (Å²) in [5.41, 5.74) is 1.67. The maximum Gasteiger partial charge on any atom is 0.258 e. The van der Waals surface area contributed by atoms with E-state index in [2.05, 4.69) is 20.2 Å². The molecule has 0 radical (unpaired) electrons. The molecule has 4 aromatic rings. The van der Waals surface area contributed by atoms with E-state index in [1.807, 2.05) is 48.5 Å². The van der Waals surface area contributed by atoms with Gasteiger partial charge in [0.25, 0.3) is 5.89 Å². The predicted octanol–water partition coefficient (Wildman–Crippen LogP) is 2.90. The second kappa shape index (κ2) is 7.06. The summed E-state index contributed by atoms with van der Waals surface area (Å²) < 4.78 is 17.8. The van der Waals surface area contributed by atoms with Gasteiger partial charge in [0.1, 0.15) is 24.2 Å². The maximum absolute atomic E-state index is 5.75. The molecular formula is C18H15N5O3. The van der Waals surface area contributed by atoms with E-state index in [0.29, 0.717) is 17.5 Å². The van der Waals surface area contributed by atoms with Crippen molar-refractivity contribution < 1.29 is 14.0 Å². The number of aromatic nitrogens is 5. The van der Waals surface area contributed by atoms with Gasteiger partial charge < -0.3 is 14.0 Å². The molecule has 8 nitrogen and oxygen atoms in total. The summed E-state index contributed by atoms with van der Waals surface area (Å²) in [5, 5.41) is 8.05. The lowest BCUT2D eigenvalue weighted by molar-refractivity contribution is 0.287. The molecule has 2 aromatic heterocycles. The smallest absolute Gasteiger partial charge is 0.258 e. The van der Waals surface area contributed by atoms with E-state index in [0.717, 1.165) is 17.0 Å². The van der Waals surface area contributed by atoms with Gasteiger partial charge in [0.15, 0.2) is 6.61 Å². The summed E-state index contributed by atoms with van der Waals surface area (Å²) in [6.07, 6.45) is 3.10. The average Bonchev–Trinajstić information content (AvgIpc) is 3.39. The number of benzene rings is 2. The molecule has 0 atom stereocenters. The SMILES string of the molecule is COc1ccc(-c2nc(COc3cccc(-n4cncn4)c3)no2)cc1. The van der Waals surface area contributed by atoms with Crippen LogP contribution in [0.5, 0.6) is 11.5 Å². The van der Waals surface area contributed by atoms with Gasteiger partial charge in [-0.25, -0.2) is 9.67 Å². The number of methoxy groups -OCH3 is 1. The van der Waals surface area contributed by atoms with Gasteiger partial charge in [-0.15, -0.1) is 0 Å². The third-order valence-corrected chi connectivity index (χ3v) is 3.67. The zero-order valence-electron chi connectivity index (χ0n) is 13.9. The summed E-state index contributed by atoms with van der Waals surface area (Å²) in [6.45, 7) is 0.195. The van der Waals surface area contributed by atoms with Crippen LogP contribution >= 0.6 is 0 Å². The lowest BCUT2D eigenvalue weighted by Gasteiger charge is -2.05. The second-order valence-electron chi connectivity index (χ2n) is 5.37. The van der Waals surface area contributed by atoms with E-state index in [-0.39, 0.29) is 6.61 Å². The Morgan fingerprint density at radius 3 is 2.73 bits per heavy atom. The van der Waals surface area contributed by atoms with Crippen LogP contribution in [0.3, 0.4) is 0 Å². The molecule has 0 aliphatic heterocycles. The Balaban J connectivity index is 1.44. The largest absolute Gasteiger partial charge is 0.497 e. The summed E-state index contributed by atoms with van der Waals surface area (Å²) in [7, 11) is 1.62. The molecule has 0 saturated carbocycles. The summed E-state index contributed by atoms with van der Waals surface area (Å²) in [6, 6.07) is 14.9. The highest BCUT2D eigenvalue weighted by Gasteiger charge is 2.10. The quantitative estimate of drug-likeness (QED) is 0.529. The topological polar surface area (TPSA) is 88.1 Å². The predicted molar refractivity (Wildman–Crippen MR) is 92.0 cm³/mol. The third-order valence-electron chi connectivity index (χ3n) is 3.67. The molecule has 130 valence electrons. The Morgan fingerprint density at radius 2 is 1.96 bits per heavy atom. The average molecular weight is 349 g/mol. The summed E-state index contributed by atoms with van der Waals surface area (Å²) in [4.78, 5) is 8.29. The van der Waals surface area contributed by atoms with E-state index in [1.54, 1.807) is 18.1 Å². The van der Waals surface area contributed by atoms with Crippen molar-refractivity contribution in [2.45, 2.75) is 6.61 Å². The van der Waals surface area contributed by atoms with Crippen molar-refractivity contribution in [3.8, 4) is 28.6 Å². The molecule has 0 amide bonds. The van der Waals surface area contributed by atoms with Crippen LogP contribution in [0.4, 0.5) is 0 Å². The van der Waals surface area contributed by atoms with Crippen LogP contribution < -0.4 is 9.47 Å². The number of rotatable bonds is 6. The molecule has 0 unspecified atom stereocenters. The normalized spacial score (nSPS) is 10.7. The van der Waals surface area contributed by atoms with Gasteiger partial charge in [-0.1, -0.05) is 11.2 Å². The fourth-order valence-electron chi connectivity index (χ4n) is 2.37. The van der Waals surface area contributed by atoms with Crippen LogP contribution in [0.2, 0.25) is 0 Å². The number of hydrogen-bond donors (Lipinski definition) is 0. The highest BCUT2D eigenvalue weighted by molar-refractivity contribution is 5.54. The van der Waals surface area contributed by atoms with Crippen LogP contribution in [0.1, 0.15) is 5.82 Å². The van der Waals surface area contributed by atoms with E-state index in [4.69, 9.17) is 14.0 Å². The Hall–Kier alpha value is -3.68. The lowest BCUT2D eigenvalue weighted by Crippen LogP contribution is -1.99. The minimum Gasteiger partial charge on any atom is -0.497 e. The van der Waals surface area contributed by atoms with Crippen molar-refractivity contribution in [1.29, 1.82) is 0 Å². The molecule has 4 rings (SSSR count). The van der Waals surface area contributed by atoms with Crippen molar-refractivity contribution in [3.63, 3.8) is 0 Å². The Labute approximate surface area is 149 Å². The molecular weight excluding hydrogens is 334 g/mol. The van der Waals surface area contributed by atoms with Crippen LogP contribution in [-0.2, 0) is 6.61 Å². The van der Waals surface area contributed by atoms with Gasteiger partial charge in [-0.2, -0.15) is 10.1 Å². The zero-order valence-corrected chi connectivity index (χ0v) is 13.9. The van der Waals surface area contributed by atoms with Crippen LogP contribution in [0.15, 0.2) is 65.7 Å². The van der Waals surface area contributed by atoms with Gasteiger partial charge >= 0.3 is 0 Å². The second-order valence-corrected chi connectivity index (χ2v) is 5.37. The fourth-order valence-corrected chi connectivity index (χ4v) is 2.37. The fraction of sp³-hybridized carbons (Fsp3) is 0.111. The molecule has 0 saturated heterocycles. The molecule has 0 aliphatic rings. The van der Waals surface area contributed by atoms with Crippen molar-refractivity contribution in [3.05, 3.63) is 67.0 Å².